The van der Waals surface area contributed by atoms with Gasteiger partial charge in [0.2, 0.25) is 0 Å². The van der Waals surface area contributed by atoms with Crippen LogP contribution in [0.1, 0.15) is 76.3 Å². The fraction of sp³-hybridized carbons (Fsp3) is 0.0978. The molecule has 98 heavy (non-hydrogen) atoms. The maximum absolute atomic E-state index is 14.5. The highest BCUT2D eigenvalue weighted by Gasteiger charge is 2.39. The van der Waals surface area contributed by atoms with E-state index >= 15 is 0 Å². The molecule has 0 saturated carbocycles. The Morgan fingerprint density at radius 2 is 0.969 bits per heavy atom. The Hall–Kier alpha value is -11.2. The fourth-order valence-electron chi connectivity index (χ4n) is 17.3. The molecule has 1 atom stereocenters. The summed E-state index contributed by atoms with van der Waals surface area (Å²) in [6.07, 6.45) is 3.86. The minimum absolute atomic E-state index is 0.0876. The number of aromatic hydroxyl groups is 1. The second kappa shape index (κ2) is 21.9. The van der Waals surface area contributed by atoms with E-state index in [2.05, 4.69) is 296 Å². The molecule has 4 nitrogen and oxygen atoms in total. The second-order valence-corrected chi connectivity index (χ2v) is 29.7. The molecule has 0 saturated heterocycles. The van der Waals surface area contributed by atoms with Crippen LogP contribution >= 0.6 is 22.7 Å². The summed E-state index contributed by atoms with van der Waals surface area (Å²) in [4.78, 5) is 18.3. The van der Waals surface area contributed by atoms with Gasteiger partial charge in [-0.1, -0.05) is 244 Å². The number of aryl methyl sites for hydroxylation is 3. The summed E-state index contributed by atoms with van der Waals surface area (Å²) in [6, 6.07) is 102. The lowest BCUT2D eigenvalue weighted by molar-refractivity contribution is 0.0974. The van der Waals surface area contributed by atoms with E-state index < -0.39 is 0 Å². The molecule has 0 radical (unpaired) electrons. The van der Waals surface area contributed by atoms with Crippen molar-refractivity contribution in [3.63, 3.8) is 0 Å². The Morgan fingerprint density at radius 3 is 1.69 bits per heavy atom. The first-order valence-electron chi connectivity index (χ1n) is 34.3. The zero-order valence-electron chi connectivity index (χ0n) is 54.2. The lowest BCUT2D eigenvalue weighted by Crippen LogP contribution is -2.16. The quantitative estimate of drug-likeness (QED) is 0.165. The number of aromatic nitrogens is 1. The number of hydrogen-bond donors (Lipinski definition) is 1. The first-order chi connectivity index (χ1) is 48.2. The van der Waals surface area contributed by atoms with Crippen LogP contribution in [0.3, 0.4) is 0 Å². The maximum atomic E-state index is 14.5. The van der Waals surface area contributed by atoms with E-state index in [0.717, 1.165) is 112 Å². The van der Waals surface area contributed by atoms with E-state index in [1.165, 1.54) is 98.2 Å². The molecule has 1 N–H and O–H groups in total. The van der Waals surface area contributed by atoms with E-state index in [4.69, 9.17) is 0 Å². The smallest absolute Gasteiger partial charge is 0.164 e. The largest absolute Gasteiger partial charge is 0.507 e. The molecule has 466 valence electrons. The summed E-state index contributed by atoms with van der Waals surface area (Å²) < 4.78 is 3.72. The van der Waals surface area contributed by atoms with Gasteiger partial charge in [0.15, 0.2) is 5.78 Å². The summed E-state index contributed by atoms with van der Waals surface area (Å²) in [5.41, 5.74) is 30.1. The van der Waals surface area contributed by atoms with Crippen LogP contribution in [0.15, 0.2) is 279 Å². The number of fused-ring (bicyclic) bond motifs is 14. The minimum atomic E-state index is -0.200. The Bertz CT molecular complexity index is 6040. The Balaban J connectivity index is 0.757. The number of carbonyl (C=O) groups excluding carboxylic acids is 1. The highest BCUT2D eigenvalue weighted by Crippen LogP contribution is 2.60. The highest BCUT2D eigenvalue weighted by atomic mass is 32.1. The van der Waals surface area contributed by atoms with Gasteiger partial charge < -0.3 is 14.6 Å². The molecule has 0 spiro atoms. The molecule has 4 aliphatic carbocycles. The van der Waals surface area contributed by atoms with Gasteiger partial charge in [-0.3, -0.25) is 4.79 Å². The van der Waals surface area contributed by atoms with Crippen LogP contribution in [-0.2, 0) is 24.7 Å². The fourth-order valence-corrected chi connectivity index (χ4v) is 20.2. The van der Waals surface area contributed by atoms with Crippen LogP contribution in [0.4, 0.5) is 16.4 Å². The molecule has 6 heteroatoms. The molecule has 16 aromatic rings. The molecule has 20 rings (SSSR count). The van der Waals surface area contributed by atoms with Gasteiger partial charge >= 0.3 is 0 Å². The first-order valence-corrected chi connectivity index (χ1v) is 36.0. The third-order valence-corrected chi connectivity index (χ3v) is 24.5. The summed E-state index contributed by atoms with van der Waals surface area (Å²) >= 11 is 3.73. The minimum Gasteiger partial charge on any atom is -0.507 e. The monoisotopic (exact) mass is 1290 g/mol. The summed E-state index contributed by atoms with van der Waals surface area (Å²) in [5.74, 6) is 0.664. The molecule has 0 fully saturated rings. The molecule has 3 heterocycles. The highest BCUT2D eigenvalue weighted by molar-refractivity contribution is 7.24. The van der Waals surface area contributed by atoms with Gasteiger partial charge in [0.25, 0.3) is 0 Å². The van der Waals surface area contributed by atoms with E-state index in [0.29, 0.717) is 18.6 Å². The summed E-state index contributed by atoms with van der Waals surface area (Å²) in [6.45, 7) is 4.73. The lowest BCUT2D eigenvalue weighted by atomic mass is 9.82. The van der Waals surface area contributed by atoms with Crippen LogP contribution in [0.25, 0.3) is 136 Å². The third-order valence-electron chi connectivity index (χ3n) is 22.1. The Morgan fingerprint density at radius 1 is 0.429 bits per heavy atom. The van der Waals surface area contributed by atoms with Crippen LogP contribution in [0, 0.1) is 0 Å². The van der Waals surface area contributed by atoms with Gasteiger partial charge in [-0.2, -0.15) is 0 Å². The average Bonchev–Trinajstić information content (AvgIpc) is 1.58. The number of phenolic OH excluding ortho intramolecular Hbond substituents is 1. The zero-order valence-corrected chi connectivity index (χ0v) is 55.9. The molecular formula is C92H64N2O2S2. The number of ketones is 1. The number of phenols is 1. The predicted molar refractivity (Wildman–Crippen MR) is 411 cm³/mol. The van der Waals surface area contributed by atoms with Gasteiger partial charge in [-0.15, -0.1) is 22.7 Å². The first kappa shape index (κ1) is 57.1. The SMILES string of the molecule is CC1(C)c2ccccc2-c2ccc(N(c3ccc(-c4ccccc4)cc3)c3sc4c5c(c(O)c6cc(-c7cccc(-c8ccc9c%10ccc(-c%11ccccc%11)cc%10n(-c%10sc%11c%12c%10-c%10ccccc%10C(=O)CC%12CCc%10ccccc%10-%11)c9c8)c7)ccc64)CCc4ccccc4-c35)cc21. The van der Waals surface area contributed by atoms with Crippen molar-refractivity contribution in [3.8, 4) is 99.1 Å². The number of nitrogens with zero attached hydrogens (tertiary/aromatic N) is 2. The lowest BCUT2D eigenvalue weighted by Gasteiger charge is -2.28. The van der Waals surface area contributed by atoms with Crippen molar-refractivity contribution < 1.29 is 9.90 Å². The van der Waals surface area contributed by atoms with Crippen molar-refractivity contribution in [3.05, 3.63) is 318 Å². The normalized spacial score (nSPS) is 14.7. The van der Waals surface area contributed by atoms with E-state index in [1.807, 2.05) is 28.7 Å². The van der Waals surface area contributed by atoms with Crippen LogP contribution in [0.2, 0.25) is 0 Å². The van der Waals surface area contributed by atoms with Crippen molar-refractivity contribution in [1.29, 1.82) is 0 Å². The number of thiophene rings is 2. The number of Topliss-reactive ketones (excluding diaryl/α,β-unsaturated/α-hetero) is 1. The van der Waals surface area contributed by atoms with Gasteiger partial charge in [0, 0.05) is 82.0 Å². The van der Waals surface area contributed by atoms with Crippen molar-refractivity contribution in [2.45, 2.75) is 57.3 Å². The van der Waals surface area contributed by atoms with Crippen molar-refractivity contribution in [1.82, 2.24) is 4.57 Å². The molecule has 13 aromatic carbocycles. The second-order valence-electron chi connectivity index (χ2n) is 27.7. The molecule has 3 aromatic heterocycles. The van der Waals surface area contributed by atoms with E-state index in [-0.39, 0.29) is 17.1 Å². The molecule has 0 amide bonds. The topological polar surface area (TPSA) is 45.5 Å². The van der Waals surface area contributed by atoms with Crippen LogP contribution in [-0.4, -0.2) is 15.5 Å². The average molecular weight is 1290 g/mol. The van der Waals surface area contributed by atoms with Crippen molar-refractivity contribution >= 4 is 87.5 Å². The standard InChI is InChI=1S/C92H64N2O2S2/c1-92(2)78-31-16-15-28-69(78)70-47-42-66(53-79(70)92)93(65-40-34-56(35-41-65)54-18-5-3-6-19-54)90-85-67-26-11-9-22-57(67)36-46-76-84(85)89(98-90)75-45-39-61(49-77(75)87(76)96)59-24-17-25-60(48-59)63-38-44-72-71-43-37-62(55-20-7-4-8-21-55)50-80(71)94(81(72)51-63)91-86-74-30-14-13-29-73(74)82(95)52-64-33-32-58-23-10-12-27-68(58)88(97-91)83(64)86/h3-31,34-35,37-45,47-51,53,64,96H,32-33,36,46,52H2,1-2H3. The maximum Gasteiger partial charge on any atom is 0.164 e. The molecule has 1 unspecified atom stereocenters. The number of rotatable bonds is 8. The van der Waals surface area contributed by atoms with Crippen LogP contribution < -0.4 is 4.90 Å². The van der Waals surface area contributed by atoms with Gasteiger partial charge in [-0.25, -0.2) is 0 Å². The molecule has 0 bridgehead atoms. The van der Waals surface area contributed by atoms with E-state index in [1.54, 1.807) is 0 Å². The number of benzene rings is 13. The van der Waals surface area contributed by atoms with Crippen LogP contribution in [0.5, 0.6) is 5.75 Å². The number of carbonyl (C=O) groups is 1. The molecule has 0 aliphatic heterocycles. The Labute approximate surface area is 577 Å². The third kappa shape index (κ3) is 8.63. The summed E-state index contributed by atoms with van der Waals surface area (Å²) in [5, 5.41) is 20.8. The van der Waals surface area contributed by atoms with Gasteiger partial charge in [0.05, 0.1) is 11.0 Å². The predicted octanol–water partition coefficient (Wildman–Crippen LogP) is 25.1. The van der Waals surface area contributed by atoms with Gasteiger partial charge in [0.1, 0.15) is 15.8 Å². The zero-order chi connectivity index (χ0) is 65.1. The van der Waals surface area contributed by atoms with Crippen molar-refractivity contribution in [2.24, 2.45) is 0 Å². The molecular weight excluding hydrogens is 1230 g/mol. The van der Waals surface area contributed by atoms with Crippen molar-refractivity contribution in [2.75, 3.05) is 4.90 Å². The number of anilines is 3. The summed E-state index contributed by atoms with van der Waals surface area (Å²) in [7, 11) is 0. The van der Waals surface area contributed by atoms with E-state index in [9.17, 15) is 9.90 Å². The molecule has 4 aliphatic rings. The van der Waals surface area contributed by atoms with Gasteiger partial charge in [-0.05, 0) is 180 Å². The Kier molecular flexibility index (Phi) is 12.8. The number of hydrogen-bond acceptors (Lipinski definition) is 5.